The number of likely N-dealkylation sites (tertiary alicyclic amines) is 2. The molecule has 0 N–H and O–H groups in total. The first-order valence-electron chi connectivity index (χ1n) is 11.2. The molecule has 2 aromatic heterocycles. The highest BCUT2D eigenvalue weighted by Gasteiger charge is 2.46. The summed E-state index contributed by atoms with van der Waals surface area (Å²) < 4.78 is 8.03. The van der Waals surface area contributed by atoms with Crippen molar-refractivity contribution in [3.05, 3.63) is 35.8 Å². The number of hydrogen-bond donors (Lipinski definition) is 0. The molecule has 3 aliphatic rings. The minimum absolute atomic E-state index is 0.0474. The predicted octanol–water partition coefficient (Wildman–Crippen LogP) is 3.17. The monoisotopic (exact) mass is 396 g/mol. The van der Waals surface area contributed by atoms with Crippen molar-refractivity contribution < 1.29 is 9.53 Å². The van der Waals surface area contributed by atoms with Crippen LogP contribution >= 0.6 is 0 Å². The SMILES string of the molecule is Cc1c(CN2CCC[C@]3(CCC(=O)N3C[C@@H]3CCCO3)CC2)nc2ccccn12. The van der Waals surface area contributed by atoms with Gasteiger partial charge >= 0.3 is 0 Å². The minimum Gasteiger partial charge on any atom is -0.376 e. The molecule has 0 aliphatic carbocycles. The van der Waals surface area contributed by atoms with Gasteiger partial charge in [-0.25, -0.2) is 4.98 Å². The van der Waals surface area contributed by atoms with Gasteiger partial charge in [-0.15, -0.1) is 0 Å². The summed E-state index contributed by atoms with van der Waals surface area (Å²) >= 11 is 0. The third-order valence-electron chi connectivity index (χ3n) is 7.34. The molecule has 0 saturated carbocycles. The number of amides is 1. The van der Waals surface area contributed by atoms with Crippen molar-refractivity contribution in [2.75, 3.05) is 26.2 Å². The van der Waals surface area contributed by atoms with Crippen LogP contribution in [0.25, 0.3) is 5.65 Å². The molecule has 5 heterocycles. The van der Waals surface area contributed by atoms with Crippen molar-refractivity contribution in [1.29, 1.82) is 0 Å². The van der Waals surface area contributed by atoms with Crippen LogP contribution in [0.2, 0.25) is 0 Å². The van der Waals surface area contributed by atoms with E-state index in [1.807, 2.05) is 6.07 Å². The average Bonchev–Trinajstić information content (AvgIpc) is 3.38. The number of rotatable bonds is 4. The molecule has 6 heteroatoms. The molecule has 3 fully saturated rings. The van der Waals surface area contributed by atoms with Gasteiger partial charge in [0, 0.05) is 50.1 Å². The molecule has 1 spiro atoms. The number of imidazole rings is 1. The highest BCUT2D eigenvalue weighted by atomic mass is 16.5. The molecule has 3 aliphatic heterocycles. The van der Waals surface area contributed by atoms with Crippen molar-refractivity contribution in [3.8, 4) is 0 Å². The molecule has 0 bridgehead atoms. The first-order valence-corrected chi connectivity index (χ1v) is 11.2. The topological polar surface area (TPSA) is 50.1 Å². The van der Waals surface area contributed by atoms with Gasteiger partial charge < -0.3 is 14.0 Å². The maximum Gasteiger partial charge on any atom is 0.223 e. The quantitative estimate of drug-likeness (QED) is 0.797. The summed E-state index contributed by atoms with van der Waals surface area (Å²) in [6.45, 7) is 6.81. The molecule has 3 saturated heterocycles. The normalized spacial score (nSPS) is 28.7. The van der Waals surface area contributed by atoms with Crippen molar-refractivity contribution in [2.24, 2.45) is 0 Å². The van der Waals surface area contributed by atoms with Crippen LogP contribution in [0.4, 0.5) is 0 Å². The van der Waals surface area contributed by atoms with Gasteiger partial charge in [-0.05, 0) is 64.1 Å². The molecule has 2 aromatic rings. The van der Waals surface area contributed by atoms with Gasteiger partial charge in [0.05, 0.1) is 11.8 Å². The standard InChI is InChI=1S/C23H32N4O2/c1-18-20(24-21-7-2-3-13-26(18)21)17-25-12-5-9-23(11-14-25)10-8-22(28)27(23)16-19-6-4-15-29-19/h2-3,7,13,19H,4-6,8-12,14-17H2,1H3/t19-,23-/m0/s1. The van der Waals surface area contributed by atoms with E-state index in [-0.39, 0.29) is 11.6 Å². The number of aryl methyl sites for hydroxylation is 1. The lowest BCUT2D eigenvalue weighted by atomic mass is 9.87. The summed E-state index contributed by atoms with van der Waals surface area (Å²) in [7, 11) is 0. The number of aromatic nitrogens is 2. The first kappa shape index (κ1) is 19.1. The maximum absolute atomic E-state index is 12.7. The van der Waals surface area contributed by atoms with E-state index in [2.05, 4.69) is 39.5 Å². The number of carbonyl (C=O) groups is 1. The maximum atomic E-state index is 12.7. The fraction of sp³-hybridized carbons (Fsp3) is 0.652. The Morgan fingerprint density at radius 2 is 2.14 bits per heavy atom. The zero-order valence-corrected chi connectivity index (χ0v) is 17.5. The fourth-order valence-corrected chi connectivity index (χ4v) is 5.60. The zero-order valence-electron chi connectivity index (χ0n) is 17.5. The molecule has 5 rings (SSSR count). The Hall–Kier alpha value is -1.92. The molecular weight excluding hydrogens is 364 g/mol. The van der Waals surface area contributed by atoms with Gasteiger partial charge in [0.2, 0.25) is 5.91 Å². The zero-order chi connectivity index (χ0) is 19.8. The Morgan fingerprint density at radius 1 is 1.21 bits per heavy atom. The van der Waals surface area contributed by atoms with Gasteiger partial charge in [-0.2, -0.15) is 0 Å². The van der Waals surface area contributed by atoms with Crippen LogP contribution in [-0.2, 0) is 16.1 Å². The third-order valence-corrected chi connectivity index (χ3v) is 7.34. The second-order valence-electron chi connectivity index (χ2n) is 9.07. The first-order chi connectivity index (χ1) is 14.1. The Labute approximate surface area is 172 Å². The van der Waals surface area contributed by atoms with Crippen molar-refractivity contribution >= 4 is 11.6 Å². The smallest absolute Gasteiger partial charge is 0.223 e. The molecule has 2 atom stereocenters. The predicted molar refractivity (Wildman–Crippen MR) is 112 cm³/mol. The van der Waals surface area contributed by atoms with Crippen molar-refractivity contribution in [2.45, 2.75) is 70.1 Å². The van der Waals surface area contributed by atoms with E-state index in [1.165, 1.54) is 11.4 Å². The molecule has 0 aromatic carbocycles. The van der Waals surface area contributed by atoms with Gasteiger partial charge in [0.25, 0.3) is 0 Å². The van der Waals surface area contributed by atoms with E-state index in [0.717, 1.165) is 77.0 Å². The minimum atomic E-state index is 0.0474. The second-order valence-corrected chi connectivity index (χ2v) is 9.07. The molecule has 0 unspecified atom stereocenters. The van der Waals surface area contributed by atoms with Crippen LogP contribution in [0.3, 0.4) is 0 Å². The van der Waals surface area contributed by atoms with Crippen molar-refractivity contribution in [3.63, 3.8) is 0 Å². The van der Waals surface area contributed by atoms with E-state index < -0.39 is 0 Å². The average molecular weight is 397 g/mol. The largest absolute Gasteiger partial charge is 0.376 e. The Kier molecular flexibility index (Phi) is 5.08. The van der Waals surface area contributed by atoms with Crippen LogP contribution in [0, 0.1) is 6.92 Å². The fourth-order valence-electron chi connectivity index (χ4n) is 5.60. The van der Waals surface area contributed by atoms with E-state index in [4.69, 9.17) is 9.72 Å². The summed E-state index contributed by atoms with van der Waals surface area (Å²) in [4.78, 5) is 22.3. The Bertz CT molecular complexity index is 888. The Morgan fingerprint density at radius 3 is 2.97 bits per heavy atom. The van der Waals surface area contributed by atoms with Crippen molar-refractivity contribution in [1.82, 2.24) is 19.2 Å². The Balaban J connectivity index is 1.29. The van der Waals surface area contributed by atoms with Gasteiger partial charge in [-0.1, -0.05) is 6.07 Å². The number of ether oxygens (including phenoxy) is 1. The van der Waals surface area contributed by atoms with Crippen LogP contribution < -0.4 is 0 Å². The summed E-state index contributed by atoms with van der Waals surface area (Å²) in [5.74, 6) is 0.338. The lowest BCUT2D eigenvalue weighted by Crippen LogP contribution is -2.49. The second kappa shape index (κ2) is 7.73. The van der Waals surface area contributed by atoms with E-state index in [1.54, 1.807) is 0 Å². The number of pyridine rings is 1. The van der Waals surface area contributed by atoms with Gasteiger partial charge in [0.15, 0.2) is 0 Å². The van der Waals surface area contributed by atoms with Crippen LogP contribution in [0.15, 0.2) is 24.4 Å². The molecule has 156 valence electrons. The molecule has 29 heavy (non-hydrogen) atoms. The van der Waals surface area contributed by atoms with Gasteiger partial charge in [0.1, 0.15) is 5.65 Å². The van der Waals surface area contributed by atoms with E-state index >= 15 is 0 Å². The number of hydrogen-bond acceptors (Lipinski definition) is 4. The molecule has 0 radical (unpaired) electrons. The molecule has 1 amide bonds. The number of nitrogens with zero attached hydrogens (tertiary/aromatic N) is 4. The molecular formula is C23H32N4O2. The summed E-state index contributed by atoms with van der Waals surface area (Å²) in [5.41, 5.74) is 3.48. The number of carbonyl (C=O) groups excluding carboxylic acids is 1. The van der Waals surface area contributed by atoms with E-state index in [9.17, 15) is 4.79 Å². The van der Waals surface area contributed by atoms with Crippen LogP contribution in [0.1, 0.15) is 56.3 Å². The van der Waals surface area contributed by atoms with E-state index in [0.29, 0.717) is 12.3 Å². The third kappa shape index (κ3) is 3.57. The summed E-state index contributed by atoms with van der Waals surface area (Å²) in [6, 6.07) is 6.17. The lowest BCUT2D eigenvalue weighted by molar-refractivity contribution is -0.133. The highest BCUT2D eigenvalue weighted by Crippen LogP contribution is 2.40. The lowest BCUT2D eigenvalue weighted by Gasteiger charge is -2.39. The number of fused-ring (bicyclic) bond motifs is 1. The summed E-state index contributed by atoms with van der Waals surface area (Å²) in [5, 5.41) is 0. The summed E-state index contributed by atoms with van der Waals surface area (Å²) in [6.07, 6.45) is 9.61. The van der Waals surface area contributed by atoms with Crippen LogP contribution in [-0.4, -0.2) is 63.0 Å². The molecule has 6 nitrogen and oxygen atoms in total. The van der Waals surface area contributed by atoms with Crippen LogP contribution in [0.5, 0.6) is 0 Å². The van der Waals surface area contributed by atoms with Gasteiger partial charge in [-0.3, -0.25) is 9.69 Å². The highest BCUT2D eigenvalue weighted by molar-refractivity contribution is 5.79.